The van der Waals surface area contributed by atoms with E-state index in [1.165, 1.54) is 0 Å². The van der Waals surface area contributed by atoms with Gasteiger partial charge in [-0.2, -0.15) is 0 Å². The lowest BCUT2D eigenvalue weighted by Gasteiger charge is -2.17. The Bertz CT molecular complexity index is 794. The first-order chi connectivity index (χ1) is 13.7. The van der Waals surface area contributed by atoms with Crippen LogP contribution in [0, 0.1) is 0 Å². The largest absolute Gasteiger partial charge is 0.454 e. The zero-order chi connectivity index (χ0) is 19.8. The summed E-state index contributed by atoms with van der Waals surface area (Å²) in [5.74, 6) is 1.52. The number of amides is 1. The molecule has 1 aliphatic rings. The van der Waals surface area contributed by atoms with Gasteiger partial charge in [0.25, 0.3) is 0 Å². The molecule has 1 heterocycles. The summed E-state index contributed by atoms with van der Waals surface area (Å²) in [6.45, 7) is 5.15. The Hall–Kier alpha value is -2.57. The molecular formula is C22H28N2O4. The van der Waals surface area contributed by atoms with E-state index in [9.17, 15) is 4.79 Å². The number of carbonyl (C=O) groups excluding carboxylic acids is 1. The number of nitrogens with one attached hydrogen (secondary N) is 1. The minimum Gasteiger partial charge on any atom is -0.454 e. The molecule has 0 saturated heterocycles. The summed E-state index contributed by atoms with van der Waals surface area (Å²) >= 11 is 0. The summed E-state index contributed by atoms with van der Waals surface area (Å²) in [6, 6.07) is 13.9. The monoisotopic (exact) mass is 384 g/mol. The van der Waals surface area contributed by atoms with Crippen LogP contribution in [0.1, 0.15) is 30.0 Å². The highest BCUT2D eigenvalue weighted by Crippen LogP contribution is 2.32. The van der Waals surface area contributed by atoms with Crippen molar-refractivity contribution in [2.75, 3.05) is 27.0 Å². The highest BCUT2D eigenvalue weighted by atomic mass is 16.7. The van der Waals surface area contributed by atoms with Crippen LogP contribution in [0.25, 0.3) is 0 Å². The molecule has 0 atom stereocenters. The number of nitrogens with zero attached hydrogens (tertiary/aromatic N) is 1. The van der Waals surface area contributed by atoms with Crippen molar-refractivity contribution in [3.63, 3.8) is 0 Å². The Kier molecular flexibility index (Phi) is 7.28. The zero-order valence-electron chi connectivity index (χ0n) is 16.6. The van der Waals surface area contributed by atoms with Crippen LogP contribution in [-0.2, 0) is 29.2 Å². The number of hydrogen-bond acceptors (Lipinski definition) is 5. The maximum Gasteiger partial charge on any atom is 0.234 e. The van der Waals surface area contributed by atoms with Crippen molar-refractivity contribution in [2.24, 2.45) is 0 Å². The fraction of sp³-hybridized carbons (Fsp3) is 0.409. The minimum atomic E-state index is -0.00692. The molecule has 2 aromatic carbocycles. The Morgan fingerprint density at radius 1 is 1.14 bits per heavy atom. The molecular weight excluding hydrogens is 356 g/mol. The van der Waals surface area contributed by atoms with E-state index in [4.69, 9.17) is 14.2 Å². The normalized spacial score (nSPS) is 12.4. The smallest absolute Gasteiger partial charge is 0.234 e. The van der Waals surface area contributed by atoms with Gasteiger partial charge in [0, 0.05) is 19.7 Å². The first kappa shape index (κ1) is 20.2. The molecule has 0 radical (unpaired) electrons. The molecule has 6 nitrogen and oxygen atoms in total. The molecule has 0 saturated carbocycles. The zero-order valence-corrected chi connectivity index (χ0v) is 16.6. The topological polar surface area (TPSA) is 60.0 Å². The first-order valence-corrected chi connectivity index (χ1v) is 9.64. The second-order valence-corrected chi connectivity index (χ2v) is 6.96. The summed E-state index contributed by atoms with van der Waals surface area (Å²) in [6.07, 6.45) is 0.995. The third-order valence-electron chi connectivity index (χ3n) is 4.50. The molecule has 0 aromatic heterocycles. The maximum atomic E-state index is 12.3. The van der Waals surface area contributed by atoms with Gasteiger partial charge in [-0.3, -0.25) is 9.69 Å². The quantitative estimate of drug-likeness (QED) is 0.638. The average molecular weight is 384 g/mol. The standard InChI is InChI=1S/C22H28N2O4/c1-3-10-26-15-19-7-5-4-6-18(19)12-23-22(25)14-24(2)13-17-8-9-20-21(11-17)28-16-27-20/h4-9,11H,3,10,12-16H2,1-2H3,(H,23,25). The Labute approximate surface area is 166 Å². The lowest BCUT2D eigenvalue weighted by Crippen LogP contribution is -2.34. The van der Waals surface area contributed by atoms with Crippen LogP contribution in [0.3, 0.4) is 0 Å². The van der Waals surface area contributed by atoms with Gasteiger partial charge in [0.15, 0.2) is 11.5 Å². The van der Waals surface area contributed by atoms with Crippen molar-refractivity contribution in [3.05, 3.63) is 59.2 Å². The van der Waals surface area contributed by atoms with Gasteiger partial charge in [-0.15, -0.1) is 0 Å². The molecule has 0 aliphatic carbocycles. The van der Waals surface area contributed by atoms with Crippen molar-refractivity contribution >= 4 is 5.91 Å². The number of ether oxygens (including phenoxy) is 3. The van der Waals surface area contributed by atoms with Gasteiger partial charge in [-0.25, -0.2) is 0 Å². The number of rotatable bonds is 10. The van der Waals surface area contributed by atoms with Crippen molar-refractivity contribution in [1.82, 2.24) is 10.2 Å². The Balaban J connectivity index is 1.46. The number of fused-ring (bicyclic) bond motifs is 1. The molecule has 28 heavy (non-hydrogen) atoms. The van der Waals surface area contributed by atoms with Crippen molar-refractivity contribution < 1.29 is 19.0 Å². The van der Waals surface area contributed by atoms with E-state index < -0.39 is 0 Å². The summed E-state index contributed by atoms with van der Waals surface area (Å²) in [7, 11) is 1.93. The molecule has 0 fully saturated rings. The van der Waals surface area contributed by atoms with E-state index in [2.05, 4.69) is 12.2 Å². The second-order valence-electron chi connectivity index (χ2n) is 6.96. The lowest BCUT2D eigenvalue weighted by molar-refractivity contribution is -0.122. The van der Waals surface area contributed by atoms with E-state index in [0.29, 0.717) is 26.2 Å². The molecule has 3 rings (SSSR count). The molecule has 1 N–H and O–H groups in total. The van der Waals surface area contributed by atoms with Gasteiger partial charge in [0.2, 0.25) is 12.7 Å². The number of carbonyl (C=O) groups is 1. The van der Waals surface area contributed by atoms with Crippen LogP contribution in [0.15, 0.2) is 42.5 Å². The number of likely N-dealkylation sites (N-methyl/N-ethyl adjacent to an activating group) is 1. The molecule has 0 spiro atoms. The van der Waals surface area contributed by atoms with E-state index in [0.717, 1.165) is 41.2 Å². The van der Waals surface area contributed by atoms with Crippen molar-refractivity contribution in [3.8, 4) is 11.5 Å². The predicted octanol–water partition coefficient (Wildman–Crippen LogP) is 3.09. The van der Waals surface area contributed by atoms with Gasteiger partial charge in [-0.1, -0.05) is 37.3 Å². The van der Waals surface area contributed by atoms with Gasteiger partial charge < -0.3 is 19.5 Å². The molecule has 6 heteroatoms. The molecule has 0 bridgehead atoms. The van der Waals surface area contributed by atoms with Crippen LogP contribution in [-0.4, -0.2) is 37.8 Å². The summed E-state index contributed by atoms with van der Waals surface area (Å²) in [5.41, 5.74) is 3.29. The van der Waals surface area contributed by atoms with Gasteiger partial charge in [0.1, 0.15) is 0 Å². The SMILES string of the molecule is CCCOCc1ccccc1CNC(=O)CN(C)Cc1ccc2c(c1)OCO2. The van der Waals surface area contributed by atoms with Crippen molar-refractivity contribution in [1.29, 1.82) is 0 Å². The van der Waals surface area contributed by atoms with Gasteiger partial charge >= 0.3 is 0 Å². The molecule has 1 aliphatic heterocycles. The predicted molar refractivity (Wildman–Crippen MR) is 107 cm³/mol. The number of hydrogen-bond donors (Lipinski definition) is 1. The highest BCUT2D eigenvalue weighted by Gasteiger charge is 2.14. The summed E-state index contributed by atoms with van der Waals surface area (Å²) in [4.78, 5) is 14.3. The number of benzene rings is 2. The molecule has 150 valence electrons. The van der Waals surface area contributed by atoms with Crippen LogP contribution in [0.5, 0.6) is 11.5 Å². The van der Waals surface area contributed by atoms with Gasteiger partial charge in [0.05, 0.1) is 13.2 Å². The third-order valence-corrected chi connectivity index (χ3v) is 4.50. The molecule has 0 unspecified atom stereocenters. The summed E-state index contributed by atoms with van der Waals surface area (Å²) < 4.78 is 16.4. The Morgan fingerprint density at radius 3 is 2.75 bits per heavy atom. The third kappa shape index (κ3) is 5.71. The van der Waals surface area contributed by atoms with Crippen LogP contribution < -0.4 is 14.8 Å². The highest BCUT2D eigenvalue weighted by molar-refractivity contribution is 5.78. The molecule has 1 amide bonds. The minimum absolute atomic E-state index is 0.00692. The first-order valence-electron chi connectivity index (χ1n) is 9.64. The molecule has 2 aromatic rings. The van der Waals surface area contributed by atoms with E-state index >= 15 is 0 Å². The second kappa shape index (κ2) is 10.1. The summed E-state index contributed by atoms with van der Waals surface area (Å²) in [5, 5.41) is 3.01. The van der Waals surface area contributed by atoms with E-state index in [1.54, 1.807) is 0 Å². The van der Waals surface area contributed by atoms with Crippen molar-refractivity contribution in [2.45, 2.75) is 33.0 Å². The van der Waals surface area contributed by atoms with E-state index in [-0.39, 0.29) is 12.7 Å². The lowest BCUT2D eigenvalue weighted by atomic mass is 10.1. The van der Waals surface area contributed by atoms with Crippen LogP contribution >= 0.6 is 0 Å². The van der Waals surface area contributed by atoms with E-state index in [1.807, 2.05) is 54.4 Å². The average Bonchev–Trinajstić information content (AvgIpc) is 3.15. The maximum absolute atomic E-state index is 12.3. The van der Waals surface area contributed by atoms with Gasteiger partial charge in [-0.05, 0) is 42.3 Å². The Morgan fingerprint density at radius 2 is 1.93 bits per heavy atom. The fourth-order valence-electron chi connectivity index (χ4n) is 3.10. The van der Waals surface area contributed by atoms with Crippen LogP contribution in [0.2, 0.25) is 0 Å². The van der Waals surface area contributed by atoms with Crippen LogP contribution in [0.4, 0.5) is 0 Å². The fourth-order valence-corrected chi connectivity index (χ4v) is 3.10.